The van der Waals surface area contributed by atoms with Crippen molar-refractivity contribution in [1.29, 1.82) is 0 Å². The third-order valence-corrected chi connectivity index (χ3v) is 12.3. The van der Waals surface area contributed by atoms with Crippen molar-refractivity contribution in [2.75, 3.05) is 26.2 Å². The number of fused-ring (bicyclic) bond motifs is 2. The Morgan fingerprint density at radius 1 is 0.600 bits per heavy atom. The van der Waals surface area contributed by atoms with Crippen LogP contribution in [-0.2, 0) is 28.8 Å². The number of benzene rings is 2. The van der Waals surface area contributed by atoms with Crippen molar-refractivity contribution in [2.45, 2.75) is 139 Å². The summed E-state index contributed by atoms with van der Waals surface area (Å²) in [4.78, 5) is 53.6. The number of ether oxygens (including phenoxy) is 4. The Bertz CT molecular complexity index is 2350. The van der Waals surface area contributed by atoms with Crippen LogP contribution in [-0.4, -0.2) is 121 Å². The molecule has 2 aromatic heterocycles. The average molecular weight is 871 g/mol. The fraction of sp³-hybridized carbons (Fsp3) is 0.571. The maximum absolute atomic E-state index is 13.2. The second-order valence-electron chi connectivity index (χ2n) is 18.9. The Morgan fingerprint density at radius 3 is 1.53 bits per heavy atom. The fourth-order valence-electron chi connectivity index (χ4n) is 6.35. The van der Waals surface area contributed by atoms with Crippen molar-refractivity contribution in [3.63, 3.8) is 0 Å². The first-order valence-corrected chi connectivity index (χ1v) is 22.3. The normalized spacial score (nSPS) is 17.7. The zero-order valence-electron chi connectivity index (χ0n) is 36.6. The van der Waals surface area contributed by atoms with Gasteiger partial charge < -0.3 is 28.7 Å². The lowest BCUT2D eigenvalue weighted by Gasteiger charge is -2.24. The van der Waals surface area contributed by atoms with Crippen LogP contribution in [0.25, 0.3) is 21.8 Å². The minimum absolute atomic E-state index is 0.0758. The molecule has 328 valence electrons. The van der Waals surface area contributed by atoms with Gasteiger partial charge in [-0.25, -0.2) is 27.6 Å². The lowest BCUT2D eigenvalue weighted by molar-refractivity contribution is 0.0285. The maximum atomic E-state index is 13.2. The number of aromatic nitrogens is 4. The van der Waals surface area contributed by atoms with Gasteiger partial charge in [-0.05, 0) is 132 Å². The first-order valence-electron chi connectivity index (χ1n) is 19.9. The molecule has 2 aliphatic rings. The Kier molecular flexibility index (Phi) is 13.3. The molecular weight excluding hydrogens is 813 g/mol. The fourth-order valence-corrected chi connectivity index (χ4v) is 9.28. The van der Waals surface area contributed by atoms with E-state index in [2.05, 4.69) is 10.2 Å². The highest BCUT2D eigenvalue weighted by atomic mass is 32.2. The zero-order valence-corrected chi connectivity index (χ0v) is 38.2. The van der Waals surface area contributed by atoms with Gasteiger partial charge in [0, 0.05) is 47.1 Å². The van der Waals surface area contributed by atoms with E-state index in [0.717, 1.165) is 21.4 Å². The molecule has 2 saturated heterocycles. The number of likely N-dealkylation sites (tertiary alicyclic amines) is 2. The third kappa shape index (κ3) is 12.1. The minimum atomic E-state index is -3.68. The van der Waals surface area contributed by atoms with E-state index in [9.17, 15) is 27.6 Å². The first-order chi connectivity index (χ1) is 27.6. The summed E-state index contributed by atoms with van der Waals surface area (Å²) < 4.78 is 50.3. The summed E-state index contributed by atoms with van der Waals surface area (Å²) >= 11 is 1.73. The topological polar surface area (TPSA) is 181 Å². The van der Waals surface area contributed by atoms with E-state index in [4.69, 9.17) is 18.9 Å². The molecular formula is C42H58N6O10S2. The molecule has 0 saturated carbocycles. The van der Waals surface area contributed by atoms with Crippen molar-refractivity contribution in [3.05, 3.63) is 48.8 Å². The SMILES string of the molecule is CC(C)(C)OC(=O)N1CCC(S(=O)(=O)c2ccc3c(cnn3C(=O)OC(C)(C)C)c2)C1.CC(C)(C)OC(=O)N1CCC(Sc2ccc3c(cnn3C(=O)OC(C)(C)C)c2)C1. The molecule has 0 spiro atoms. The molecule has 2 unspecified atom stereocenters. The van der Waals surface area contributed by atoms with Crippen molar-refractivity contribution >= 4 is 67.8 Å². The van der Waals surface area contributed by atoms with Crippen LogP contribution in [0.5, 0.6) is 0 Å². The van der Waals surface area contributed by atoms with Gasteiger partial charge in [0.2, 0.25) is 0 Å². The van der Waals surface area contributed by atoms with Gasteiger partial charge in [-0.3, -0.25) is 0 Å². The van der Waals surface area contributed by atoms with Crippen LogP contribution in [0.15, 0.2) is 58.6 Å². The number of hydrogen-bond donors (Lipinski definition) is 0. The van der Waals surface area contributed by atoms with Crippen molar-refractivity contribution < 1.29 is 46.5 Å². The summed E-state index contributed by atoms with van der Waals surface area (Å²) in [5.41, 5.74) is -1.22. The van der Waals surface area contributed by atoms with Gasteiger partial charge >= 0.3 is 24.4 Å². The molecule has 0 aliphatic carbocycles. The molecule has 0 radical (unpaired) electrons. The van der Waals surface area contributed by atoms with Gasteiger partial charge in [-0.1, -0.05) is 0 Å². The van der Waals surface area contributed by atoms with Gasteiger partial charge in [0.05, 0.1) is 33.6 Å². The Morgan fingerprint density at radius 2 is 1.03 bits per heavy atom. The monoisotopic (exact) mass is 870 g/mol. The molecule has 2 aliphatic heterocycles. The standard InChI is InChI=1S/C21H29N3O6S.C21H29N3O4S/c1-20(2,3)29-18(25)23-10-9-16(13-23)31(27,28)15-7-8-17-14(11-15)12-22-24(17)19(26)30-21(4,5)6;1-20(2,3)27-18(25)23-10-9-16(13-23)29-15-7-8-17-14(11-15)12-22-24(17)19(26)28-21(4,5)6/h7-8,11-12,16H,9-10,13H2,1-6H3;7-8,11-12,16H,9-10,13H2,1-6H3. The van der Waals surface area contributed by atoms with Crippen LogP contribution >= 0.6 is 11.8 Å². The number of carbonyl (C=O) groups excluding carboxylic acids is 4. The molecule has 16 nitrogen and oxygen atoms in total. The van der Waals surface area contributed by atoms with Crippen LogP contribution in [0.4, 0.5) is 19.2 Å². The molecule has 4 aromatic rings. The molecule has 6 rings (SSSR count). The molecule has 2 atom stereocenters. The lowest BCUT2D eigenvalue weighted by atomic mass is 10.2. The second kappa shape index (κ2) is 17.3. The van der Waals surface area contributed by atoms with E-state index >= 15 is 0 Å². The highest BCUT2D eigenvalue weighted by Crippen LogP contribution is 2.33. The predicted octanol–water partition coefficient (Wildman–Crippen LogP) is 8.52. The number of hydrogen-bond acceptors (Lipinski definition) is 13. The molecule has 0 N–H and O–H groups in total. The Labute approximate surface area is 356 Å². The number of carbonyl (C=O) groups is 4. The number of sulfone groups is 1. The van der Waals surface area contributed by atoms with E-state index in [1.165, 1.54) is 27.9 Å². The van der Waals surface area contributed by atoms with Gasteiger partial charge in [-0.15, -0.1) is 11.8 Å². The maximum Gasteiger partial charge on any atom is 0.435 e. The summed E-state index contributed by atoms with van der Waals surface area (Å²) in [6.45, 7) is 23.4. The van der Waals surface area contributed by atoms with Crippen molar-refractivity contribution in [1.82, 2.24) is 29.4 Å². The lowest BCUT2D eigenvalue weighted by Crippen LogP contribution is -2.36. The van der Waals surface area contributed by atoms with Gasteiger partial charge in [0.1, 0.15) is 22.4 Å². The quantitative estimate of drug-likeness (QED) is 0.178. The first kappa shape index (κ1) is 46.2. The smallest absolute Gasteiger partial charge is 0.435 e. The summed E-state index contributed by atoms with van der Waals surface area (Å²) in [5, 5.41) is 9.20. The van der Waals surface area contributed by atoms with Crippen LogP contribution < -0.4 is 0 Å². The highest BCUT2D eigenvalue weighted by molar-refractivity contribution is 8.00. The van der Waals surface area contributed by atoms with Crippen LogP contribution in [0.3, 0.4) is 0 Å². The van der Waals surface area contributed by atoms with Crippen molar-refractivity contribution in [2.24, 2.45) is 0 Å². The molecule has 2 aromatic carbocycles. The van der Waals surface area contributed by atoms with Crippen LogP contribution in [0.1, 0.15) is 95.9 Å². The molecule has 60 heavy (non-hydrogen) atoms. The predicted molar refractivity (Wildman–Crippen MR) is 228 cm³/mol. The third-order valence-electron chi connectivity index (χ3n) is 8.88. The summed E-state index contributed by atoms with van der Waals surface area (Å²) in [6, 6.07) is 10.4. The summed E-state index contributed by atoms with van der Waals surface area (Å²) in [7, 11) is -3.68. The van der Waals surface area contributed by atoms with Crippen LogP contribution in [0.2, 0.25) is 0 Å². The number of thioether (sulfide) groups is 1. The largest absolute Gasteiger partial charge is 0.444 e. The number of amides is 2. The van der Waals surface area contributed by atoms with E-state index in [0.29, 0.717) is 47.7 Å². The Balaban J connectivity index is 0.000000228. The summed E-state index contributed by atoms with van der Waals surface area (Å²) in [5.74, 6) is 0. The van der Waals surface area contributed by atoms with Gasteiger partial charge in [0.15, 0.2) is 9.84 Å². The van der Waals surface area contributed by atoms with Crippen molar-refractivity contribution in [3.8, 4) is 0 Å². The Hall–Kier alpha value is -4.84. The molecule has 0 bridgehead atoms. The zero-order chi connectivity index (χ0) is 44.6. The van der Waals surface area contributed by atoms with E-state index in [-0.39, 0.29) is 17.5 Å². The second-order valence-corrected chi connectivity index (χ2v) is 22.5. The average Bonchev–Trinajstić information content (AvgIpc) is 3.91. The molecule has 2 amide bonds. The van der Waals surface area contributed by atoms with Crippen LogP contribution in [0, 0.1) is 0 Å². The van der Waals surface area contributed by atoms with Gasteiger partial charge in [-0.2, -0.15) is 19.6 Å². The highest BCUT2D eigenvalue weighted by Gasteiger charge is 2.38. The summed E-state index contributed by atoms with van der Waals surface area (Å²) in [6.07, 6.45) is 2.45. The number of nitrogens with zero attached hydrogens (tertiary/aromatic N) is 6. The van der Waals surface area contributed by atoms with E-state index in [1.54, 1.807) is 70.5 Å². The molecule has 4 heterocycles. The van der Waals surface area contributed by atoms with E-state index < -0.39 is 55.8 Å². The van der Waals surface area contributed by atoms with E-state index in [1.807, 2.05) is 59.7 Å². The molecule has 18 heteroatoms. The number of rotatable bonds is 4. The molecule has 2 fully saturated rings. The minimum Gasteiger partial charge on any atom is -0.444 e. The van der Waals surface area contributed by atoms with Gasteiger partial charge in [0.25, 0.3) is 0 Å².